The van der Waals surface area contributed by atoms with Crippen molar-refractivity contribution in [3.05, 3.63) is 69.7 Å². The molecule has 2 rings (SSSR count). The predicted octanol–water partition coefficient (Wildman–Crippen LogP) is 3.80. The van der Waals surface area contributed by atoms with E-state index >= 15 is 0 Å². The van der Waals surface area contributed by atoms with Gasteiger partial charge in [-0.1, -0.05) is 52.3 Å². The number of amides is 2. The average molecular weight is 347 g/mol. The van der Waals surface area contributed by atoms with Crippen LogP contribution in [0.5, 0.6) is 0 Å². The molecule has 0 aromatic heterocycles. The lowest BCUT2D eigenvalue weighted by Gasteiger charge is -2.09. The third kappa shape index (κ3) is 5.23. The van der Waals surface area contributed by atoms with Crippen LogP contribution in [0, 0.1) is 6.92 Å². The maximum atomic E-state index is 11.7. The van der Waals surface area contributed by atoms with Crippen LogP contribution in [0.3, 0.4) is 0 Å². The molecule has 0 fully saturated rings. The molecule has 21 heavy (non-hydrogen) atoms. The van der Waals surface area contributed by atoms with Gasteiger partial charge in [0, 0.05) is 17.6 Å². The van der Waals surface area contributed by atoms with Crippen molar-refractivity contribution in [1.82, 2.24) is 10.6 Å². The molecule has 110 valence electrons. The minimum Gasteiger partial charge on any atom is -0.338 e. The second kappa shape index (κ2) is 7.84. The largest absolute Gasteiger partial charge is 0.338 e. The standard InChI is InChI=1S/C17H19BrN2O/c1-13-4-2-3-5-15(13)10-11-19-17(21)20-12-14-6-8-16(18)9-7-14/h2-9H,10-12H2,1H3,(H2,19,20,21). The molecule has 0 aliphatic carbocycles. The first-order valence-electron chi connectivity index (χ1n) is 6.96. The summed E-state index contributed by atoms with van der Waals surface area (Å²) in [5.74, 6) is 0. The quantitative estimate of drug-likeness (QED) is 0.849. The first kappa shape index (κ1) is 15.6. The van der Waals surface area contributed by atoms with Crippen molar-refractivity contribution in [2.75, 3.05) is 6.54 Å². The van der Waals surface area contributed by atoms with Gasteiger partial charge in [0.2, 0.25) is 0 Å². The fourth-order valence-corrected chi connectivity index (χ4v) is 2.31. The number of urea groups is 1. The molecule has 0 saturated heterocycles. The van der Waals surface area contributed by atoms with E-state index in [-0.39, 0.29) is 6.03 Å². The van der Waals surface area contributed by atoms with Crippen molar-refractivity contribution in [1.29, 1.82) is 0 Å². The molecule has 2 amide bonds. The van der Waals surface area contributed by atoms with Crippen LogP contribution in [0.1, 0.15) is 16.7 Å². The van der Waals surface area contributed by atoms with Crippen LogP contribution in [0.2, 0.25) is 0 Å². The van der Waals surface area contributed by atoms with Crippen molar-refractivity contribution in [3.8, 4) is 0 Å². The van der Waals surface area contributed by atoms with Gasteiger partial charge in [0.1, 0.15) is 0 Å². The van der Waals surface area contributed by atoms with Gasteiger partial charge in [0.15, 0.2) is 0 Å². The Kier molecular flexibility index (Phi) is 5.81. The van der Waals surface area contributed by atoms with Gasteiger partial charge in [0.25, 0.3) is 0 Å². The fourth-order valence-electron chi connectivity index (χ4n) is 2.05. The van der Waals surface area contributed by atoms with Gasteiger partial charge in [-0.3, -0.25) is 0 Å². The molecule has 0 unspecified atom stereocenters. The summed E-state index contributed by atoms with van der Waals surface area (Å²) < 4.78 is 1.04. The van der Waals surface area contributed by atoms with Crippen molar-refractivity contribution in [2.24, 2.45) is 0 Å². The molecule has 2 aromatic rings. The number of carbonyl (C=O) groups excluding carboxylic acids is 1. The highest BCUT2D eigenvalue weighted by molar-refractivity contribution is 9.10. The van der Waals surface area contributed by atoms with Gasteiger partial charge in [-0.25, -0.2) is 4.79 Å². The molecular formula is C17H19BrN2O. The van der Waals surface area contributed by atoms with Crippen LogP contribution in [0.4, 0.5) is 4.79 Å². The van der Waals surface area contributed by atoms with E-state index in [1.54, 1.807) is 0 Å². The smallest absolute Gasteiger partial charge is 0.315 e. The lowest BCUT2D eigenvalue weighted by atomic mass is 10.1. The molecule has 0 radical (unpaired) electrons. The number of benzene rings is 2. The summed E-state index contributed by atoms with van der Waals surface area (Å²) >= 11 is 3.39. The van der Waals surface area contributed by atoms with Crippen LogP contribution in [0.15, 0.2) is 53.0 Å². The zero-order chi connectivity index (χ0) is 15.1. The fraction of sp³-hybridized carbons (Fsp3) is 0.235. The van der Waals surface area contributed by atoms with E-state index in [1.807, 2.05) is 36.4 Å². The molecule has 0 heterocycles. The molecule has 4 heteroatoms. The third-order valence-corrected chi connectivity index (χ3v) is 3.84. The SMILES string of the molecule is Cc1ccccc1CCNC(=O)NCc1ccc(Br)cc1. The Hall–Kier alpha value is -1.81. The molecule has 3 nitrogen and oxygen atoms in total. The Bertz CT molecular complexity index is 596. The zero-order valence-corrected chi connectivity index (χ0v) is 13.6. The summed E-state index contributed by atoms with van der Waals surface area (Å²) in [5.41, 5.74) is 3.60. The number of hydrogen-bond acceptors (Lipinski definition) is 1. The Balaban J connectivity index is 1.70. The van der Waals surface area contributed by atoms with E-state index in [1.165, 1.54) is 11.1 Å². The first-order chi connectivity index (χ1) is 10.1. The maximum absolute atomic E-state index is 11.7. The number of carbonyl (C=O) groups is 1. The highest BCUT2D eigenvalue weighted by Crippen LogP contribution is 2.10. The van der Waals surface area contributed by atoms with Gasteiger partial charge in [-0.2, -0.15) is 0 Å². The minimum atomic E-state index is -0.133. The van der Waals surface area contributed by atoms with Crippen LogP contribution in [-0.4, -0.2) is 12.6 Å². The lowest BCUT2D eigenvalue weighted by Crippen LogP contribution is -2.36. The van der Waals surface area contributed by atoms with E-state index in [4.69, 9.17) is 0 Å². The molecule has 2 aromatic carbocycles. The van der Waals surface area contributed by atoms with Crippen LogP contribution >= 0.6 is 15.9 Å². The number of aryl methyl sites for hydroxylation is 1. The number of rotatable bonds is 5. The molecule has 0 aliphatic heterocycles. The lowest BCUT2D eigenvalue weighted by molar-refractivity contribution is 0.240. The molecule has 0 aliphatic rings. The summed E-state index contributed by atoms with van der Waals surface area (Å²) in [4.78, 5) is 11.7. The highest BCUT2D eigenvalue weighted by atomic mass is 79.9. The van der Waals surface area contributed by atoms with Gasteiger partial charge in [0.05, 0.1) is 0 Å². The van der Waals surface area contributed by atoms with E-state index < -0.39 is 0 Å². The van der Waals surface area contributed by atoms with Crippen molar-refractivity contribution < 1.29 is 4.79 Å². The second-order valence-electron chi connectivity index (χ2n) is 4.91. The molecule has 0 saturated carbocycles. The summed E-state index contributed by atoms with van der Waals surface area (Å²) in [7, 11) is 0. The molecule has 2 N–H and O–H groups in total. The topological polar surface area (TPSA) is 41.1 Å². The highest BCUT2D eigenvalue weighted by Gasteiger charge is 2.01. The molecule has 0 spiro atoms. The van der Waals surface area contributed by atoms with Gasteiger partial charge in [-0.05, 0) is 42.2 Å². The van der Waals surface area contributed by atoms with Crippen molar-refractivity contribution in [2.45, 2.75) is 19.9 Å². The normalized spacial score (nSPS) is 10.2. The number of halogens is 1. The summed E-state index contributed by atoms with van der Waals surface area (Å²) in [6, 6.07) is 16.0. The molecule has 0 bridgehead atoms. The maximum Gasteiger partial charge on any atom is 0.315 e. The third-order valence-electron chi connectivity index (χ3n) is 3.31. The van der Waals surface area contributed by atoms with E-state index in [0.29, 0.717) is 13.1 Å². The van der Waals surface area contributed by atoms with Crippen molar-refractivity contribution >= 4 is 22.0 Å². The first-order valence-corrected chi connectivity index (χ1v) is 7.75. The Morgan fingerprint density at radius 2 is 1.76 bits per heavy atom. The van der Waals surface area contributed by atoms with Gasteiger partial charge in [-0.15, -0.1) is 0 Å². The predicted molar refractivity (Wildman–Crippen MR) is 89.3 cm³/mol. The number of hydrogen-bond donors (Lipinski definition) is 2. The average Bonchev–Trinajstić information content (AvgIpc) is 2.49. The van der Waals surface area contributed by atoms with Crippen LogP contribution in [-0.2, 0) is 13.0 Å². The minimum absolute atomic E-state index is 0.133. The second-order valence-corrected chi connectivity index (χ2v) is 5.83. The van der Waals surface area contributed by atoms with Gasteiger partial charge < -0.3 is 10.6 Å². The van der Waals surface area contributed by atoms with Gasteiger partial charge >= 0.3 is 6.03 Å². The Labute approximate surface area is 133 Å². The van der Waals surface area contributed by atoms with E-state index in [2.05, 4.69) is 45.6 Å². The molecule has 0 atom stereocenters. The summed E-state index contributed by atoms with van der Waals surface area (Å²) in [6.07, 6.45) is 0.846. The Morgan fingerprint density at radius 1 is 1.05 bits per heavy atom. The van der Waals surface area contributed by atoms with Crippen LogP contribution in [0.25, 0.3) is 0 Å². The zero-order valence-electron chi connectivity index (χ0n) is 12.0. The van der Waals surface area contributed by atoms with Crippen LogP contribution < -0.4 is 10.6 Å². The Morgan fingerprint density at radius 3 is 2.48 bits per heavy atom. The monoisotopic (exact) mass is 346 g/mol. The number of nitrogens with one attached hydrogen (secondary N) is 2. The van der Waals surface area contributed by atoms with E-state index in [9.17, 15) is 4.79 Å². The molecular weight excluding hydrogens is 328 g/mol. The summed E-state index contributed by atoms with van der Waals surface area (Å²) in [6.45, 7) is 3.25. The van der Waals surface area contributed by atoms with E-state index in [0.717, 1.165) is 16.5 Å². The van der Waals surface area contributed by atoms with Crippen molar-refractivity contribution in [3.63, 3.8) is 0 Å². The summed E-state index contributed by atoms with van der Waals surface area (Å²) in [5, 5.41) is 5.73.